The average Bonchev–Trinajstić information content (AvgIpc) is 3.48. The maximum atomic E-state index is 11.9. The Balaban J connectivity index is 0.00000450. The zero-order valence-electron chi connectivity index (χ0n) is 18.1. The minimum atomic E-state index is -0.0147. The van der Waals surface area contributed by atoms with Gasteiger partial charge in [-0.25, -0.2) is 4.99 Å². The molecule has 0 saturated heterocycles. The molecule has 2 rings (SSSR count). The number of carbonyl (C=O) groups excluding carboxylic acids is 1. The normalized spacial score (nSPS) is 14.6. The van der Waals surface area contributed by atoms with Crippen molar-refractivity contribution < 1.29 is 9.53 Å². The van der Waals surface area contributed by atoms with Gasteiger partial charge < -0.3 is 20.3 Å². The molecule has 0 heterocycles. The van der Waals surface area contributed by atoms with Crippen molar-refractivity contribution in [3.63, 3.8) is 0 Å². The molecule has 30 heavy (non-hydrogen) atoms. The van der Waals surface area contributed by atoms with E-state index in [2.05, 4.69) is 15.6 Å². The Morgan fingerprint density at radius 3 is 2.57 bits per heavy atom. The Kier molecular flexibility index (Phi) is 13.1. The summed E-state index contributed by atoms with van der Waals surface area (Å²) < 4.78 is 5.52. The zero-order chi connectivity index (χ0) is 21.1. The first-order valence-electron chi connectivity index (χ1n) is 10.1. The van der Waals surface area contributed by atoms with E-state index < -0.39 is 0 Å². The second-order valence-electron chi connectivity index (χ2n) is 7.48. The number of halogens is 2. The van der Waals surface area contributed by atoms with Crippen molar-refractivity contribution in [2.24, 2.45) is 10.4 Å². The van der Waals surface area contributed by atoms with Crippen LogP contribution in [0.25, 0.3) is 0 Å². The molecule has 9 heteroatoms. The molecular weight excluding hydrogens is 535 g/mol. The predicted molar refractivity (Wildman–Crippen MR) is 137 cm³/mol. The number of rotatable bonds is 12. The first kappa shape index (κ1) is 27.3. The number of amides is 1. The van der Waals surface area contributed by atoms with Gasteiger partial charge in [-0.15, -0.1) is 35.7 Å². The fraction of sp³-hybridized carbons (Fsp3) is 0.619. The van der Waals surface area contributed by atoms with Gasteiger partial charge in [0.15, 0.2) is 5.96 Å². The maximum Gasteiger partial charge on any atom is 0.243 e. The summed E-state index contributed by atoms with van der Waals surface area (Å²) in [6.07, 6.45) is 3.48. The fourth-order valence-corrected chi connectivity index (χ4v) is 3.62. The van der Waals surface area contributed by atoms with Crippen LogP contribution in [0.5, 0.6) is 0 Å². The van der Waals surface area contributed by atoms with E-state index in [0.717, 1.165) is 43.5 Å². The molecule has 0 aromatic heterocycles. The summed E-state index contributed by atoms with van der Waals surface area (Å²) in [6.45, 7) is 5.33. The summed E-state index contributed by atoms with van der Waals surface area (Å²) in [6, 6.07) is 7.84. The summed E-state index contributed by atoms with van der Waals surface area (Å²) in [5.74, 6) is 1.57. The van der Waals surface area contributed by atoms with Crippen molar-refractivity contribution >= 4 is 59.2 Å². The monoisotopic (exact) mass is 568 g/mol. The van der Waals surface area contributed by atoms with Gasteiger partial charge in [0.2, 0.25) is 5.91 Å². The van der Waals surface area contributed by atoms with Crippen LogP contribution in [0.1, 0.15) is 26.2 Å². The lowest BCUT2D eigenvalue weighted by Gasteiger charge is -2.19. The van der Waals surface area contributed by atoms with Crippen molar-refractivity contribution in [1.82, 2.24) is 15.5 Å². The predicted octanol–water partition coefficient (Wildman–Crippen LogP) is 3.88. The number of nitrogens with zero attached hydrogens (tertiary/aromatic N) is 2. The SMILES string of the molecule is CCOCCC1(CNC(=NCC(=O)N(C)C)NCCSc2ccc(Cl)cc2)CC1.I. The Morgan fingerprint density at radius 1 is 1.27 bits per heavy atom. The molecule has 0 aliphatic heterocycles. The largest absolute Gasteiger partial charge is 0.382 e. The molecule has 1 fully saturated rings. The highest BCUT2D eigenvalue weighted by Gasteiger charge is 2.41. The topological polar surface area (TPSA) is 66.0 Å². The molecule has 0 bridgehead atoms. The standard InChI is InChI=1S/C21H33ClN4O2S.HI/c1-4-28-13-11-21(9-10-21)16-25-20(24-15-19(27)26(2)3)23-12-14-29-18-7-5-17(22)6-8-18;/h5-8H,4,9-16H2,1-3H3,(H2,23,24,25);1H. The molecule has 6 nitrogen and oxygen atoms in total. The molecule has 0 atom stereocenters. The molecule has 1 aromatic rings. The molecule has 0 spiro atoms. The van der Waals surface area contributed by atoms with E-state index in [0.29, 0.717) is 11.4 Å². The Bertz CT molecular complexity index is 669. The third-order valence-corrected chi connectivity index (χ3v) is 6.18. The molecule has 1 aliphatic rings. The van der Waals surface area contributed by atoms with Gasteiger partial charge in [0.1, 0.15) is 6.54 Å². The van der Waals surface area contributed by atoms with E-state index in [1.165, 1.54) is 17.7 Å². The van der Waals surface area contributed by atoms with Gasteiger partial charge in [-0.3, -0.25) is 4.79 Å². The number of hydrogen-bond donors (Lipinski definition) is 2. The van der Waals surface area contributed by atoms with Crippen LogP contribution in [-0.4, -0.2) is 69.5 Å². The van der Waals surface area contributed by atoms with Gasteiger partial charge in [-0.1, -0.05) is 11.6 Å². The van der Waals surface area contributed by atoms with Gasteiger partial charge in [0, 0.05) is 56.1 Å². The Labute approximate surface area is 206 Å². The lowest BCUT2D eigenvalue weighted by molar-refractivity contribution is -0.127. The lowest BCUT2D eigenvalue weighted by Crippen LogP contribution is -2.42. The number of thioether (sulfide) groups is 1. The van der Waals surface area contributed by atoms with Crippen molar-refractivity contribution in [1.29, 1.82) is 0 Å². The quantitative estimate of drug-likeness (QED) is 0.132. The fourth-order valence-electron chi connectivity index (χ4n) is 2.73. The summed E-state index contributed by atoms with van der Waals surface area (Å²) in [5, 5.41) is 7.53. The molecular formula is C21H34ClIN4O2S. The van der Waals surface area contributed by atoms with Gasteiger partial charge >= 0.3 is 0 Å². The first-order valence-corrected chi connectivity index (χ1v) is 11.5. The van der Waals surface area contributed by atoms with Crippen LogP contribution in [0.2, 0.25) is 5.02 Å². The minimum absolute atomic E-state index is 0. The second-order valence-corrected chi connectivity index (χ2v) is 9.09. The molecule has 1 amide bonds. The van der Waals surface area contributed by atoms with Crippen molar-refractivity contribution in [3.8, 4) is 0 Å². The maximum absolute atomic E-state index is 11.9. The summed E-state index contributed by atoms with van der Waals surface area (Å²) in [7, 11) is 3.49. The van der Waals surface area contributed by atoms with E-state index >= 15 is 0 Å². The molecule has 2 N–H and O–H groups in total. The van der Waals surface area contributed by atoms with Gasteiger partial charge in [0.05, 0.1) is 0 Å². The van der Waals surface area contributed by atoms with Gasteiger partial charge in [0.25, 0.3) is 0 Å². The molecule has 1 aromatic carbocycles. The summed E-state index contributed by atoms with van der Waals surface area (Å²) in [4.78, 5) is 19.1. The van der Waals surface area contributed by atoms with E-state index in [1.807, 2.05) is 31.2 Å². The van der Waals surface area contributed by atoms with Crippen molar-refractivity contribution in [2.45, 2.75) is 31.1 Å². The minimum Gasteiger partial charge on any atom is -0.382 e. The van der Waals surface area contributed by atoms with Crippen LogP contribution in [-0.2, 0) is 9.53 Å². The van der Waals surface area contributed by atoms with E-state index in [4.69, 9.17) is 16.3 Å². The molecule has 0 unspecified atom stereocenters. The lowest BCUT2D eigenvalue weighted by atomic mass is 10.0. The molecule has 1 aliphatic carbocycles. The number of carbonyl (C=O) groups is 1. The molecule has 1 saturated carbocycles. The summed E-state index contributed by atoms with van der Waals surface area (Å²) >= 11 is 7.68. The van der Waals surface area contributed by atoms with Crippen LogP contribution in [0, 0.1) is 5.41 Å². The Morgan fingerprint density at radius 2 is 1.97 bits per heavy atom. The number of ether oxygens (including phenoxy) is 1. The highest BCUT2D eigenvalue weighted by molar-refractivity contribution is 14.0. The van der Waals surface area contributed by atoms with E-state index in [9.17, 15) is 4.79 Å². The Hall–Kier alpha value is -0.710. The van der Waals surface area contributed by atoms with Crippen LogP contribution in [0.15, 0.2) is 34.2 Å². The number of nitrogens with one attached hydrogen (secondary N) is 2. The highest BCUT2D eigenvalue weighted by Crippen LogP contribution is 2.48. The number of aliphatic imine (C=N–C) groups is 1. The average molecular weight is 569 g/mol. The van der Waals surface area contributed by atoms with Crippen LogP contribution in [0.4, 0.5) is 0 Å². The first-order chi connectivity index (χ1) is 13.9. The zero-order valence-corrected chi connectivity index (χ0v) is 22.0. The van der Waals surface area contributed by atoms with Crippen LogP contribution >= 0.6 is 47.3 Å². The van der Waals surface area contributed by atoms with E-state index in [1.54, 1.807) is 30.8 Å². The number of benzene rings is 1. The number of hydrogen-bond acceptors (Lipinski definition) is 4. The van der Waals surface area contributed by atoms with Crippen LogP contribution < -0.4 is 10.6 Å². The second kappa shape index (κ2) is 14.4. The van der Waals surface area contributed by atoms with Crippen molar-refractivity contribution in [3.05, 3.63) is 29.3 Å². The molecule has 170 valence electrons. The number of guanidine groups is 1. The number of likely N-dealkylation sites (N-methyl/N-ethyl adjacent to an activating group) is 1. The summed E-state index contributed by atoms with van der Waals surface area (Å²) in [5.41, 5.74) is 0.307. The third-order valence-electron chi connectivity index (χ3n) is 4.92. The smallest absolute Gasteiger partial charge is 0.243 e. The highest BCUT2D eigenvalue weighted by atomic mass is 127. The van der Waals surface area contributed by atoms with Crippen LogP contribution in [0.3, 0.4) is 0 Å². The van der Waals surface area contributed by atoms with Crippen molar-refractivity contribution in [2.75, 3.05) is 52.7 Å². The third kappa shape index (κ3) is 10.5. The van der Waals surface area contributed by atoms with Gasteiger partial charge in [-0.05, 0) is 55.9 Å². The molecule has 0 radical (unpaired) electrons. The van der Waals surface area contributed by atoms with E-state index in [-0.39, 0.29) is 36.4 Å². The van der Waals surface area contributed by atoms with Gasteiger partial charge in [-0.2, -0.15) is 0 Å².